The van der Waals surface area contributed by atoms with Crippen molar-refractivity contribution >= 4 is 21.7 Å². The van der Waals surface area contributed by atoms with E-state index in [0.29, 0.717) is 0 Å². The van der Waals surface area contributed by atoms with Crippen LogP contribution in [0.4, 0.5) is 4.39 Å². The van der Waals surface area contributed by atoms with Gasteiger partial charge in [0.25, 0.3) is 0 Å². The highest BCUT2D eigenvalue weighted by Gasteiger charge is 2.17. The van der Waals surface area contributed by atoms with Crippen LogP contribution in [-0.4, -0.2) is 18.2 Å². The normalized spacial score (nSPS) is 9.47. The molecule has 0 bridgehead atoms. The number of methoxy groups -OCH3 is 1. The molecular weight excluding hydrogens is 265 g/mol. The van der Waals surface area contributed by atoms with Crippen LogP contribution < -0.4 is 4.74 Å². The summed E-state index contributed by atoms with van der Waals surface area (Å²) in [5.74, 6) is -0.989. The minimum absolute atomic E-state index is 0.0173. The molecule has 0 aliphatic carbocycles. The third kappa shape index (κ3) is 2.34. The molecule has 1 rings (SSSR count). The van der Waals surface area contributed by atoms with E-state index in [1.165, 1.54) is 13.2 Å². The van der Waals surface area contributed by atoms with E-state index in [2.05, 4.69) is 15.9 Å². The van der Waals surface area contributed by atoms with Crippen LogP contribution in [-0.2, 0) is 0 Å². The second-order valence-corrected chi connectivity index (χ2v) is 3.26. The molecule has 0 spiro atoms. The summed E-state index contributed by atoms with van der Waals surface area (Å²) >= 11 is 2.93. The molecule has 0 aromatic heterocycles. The van der Waals surface area contributed by atoms with Gasteiger partial charge in [0.15, 0.2) is 5.78 Å². The lowest BCUT2D eigenvalue weighted by atomic mass is 10.0. The number of nitriles is 1. The summed E-state index contributed by atoms with van der Waals surface area (Å²) in [5.41, 5.74) is -0.216. The Hall–Kier alpha value is -1.41. The number of carbonyl (C=O) groups excluding carboxylic acids is 1. The maximum Gasteiger partial charge on any atom is 0.177 e. The first-order valence-corrected chi connectivity index (χ1v) is 5.13. The highest BCUT2D eigenvalue weighted by molar-refractivity contribution is 9.09. The molecule has 0 saturated carbocycles. The molecule has 78 valence electrons. The molecule has 1 aromatic rings. The van der Waals surface area contributed by atoms with Gasteiger partial charge in [-0.1, -0.05) is 15.9 Å². The van der Waals surface area contributed by atoms with E-state index in [1.54, 1.807) is 6.07 Å². The smallest absolute Gasteiger partial charge is 0.177 e. The third-order valence-electron chi connectivity index (χ3n) is 1.82. The van der Waals surface area contributed by atoms with Crippen molar-refractivity contribution in [3.63, 3.8) is 0 Å². The summed E-state index contributed by atoms with van der Waals surface area (Å²) in [7, 11) is 1.36. The number of Topliss-reactive ketones (excluding diaryl/α,β-unsaturated/α-hetero) is 1. The van der Waals surface area contributed by atoms with Crippen LogP contribution in [0.1, 0.15) is 15.9 Å². The van der Waals surface area contributed by atoms with Crippen molar-refractivity contribution in [3.05, 3.63) is 29.1 Å². The average molecular weight is 272 g/mol. The molecule has 0 aliphatic rings. The molecule has 1 aromatic carbocycles. The standard InChI is InChI=1S/C10H7BrFNO2/c1-15-7-2-6(5-13)10(8(12)3-7)9(14)4-11/h2-3H,4H2,1H3. The monoisotopic (exact) mass is 271 g/mol. The van der Waals surface area contributed by atoms with Gasteiger partial charge in [0.1, 0.15) is 17.6 Å². The van der Waals surface area contributed by atoms with Crippen molar-refractivity contribution < 1.29 is 13.9 Å². The minimum atomic E-state index is -0.740. The molecule has 0 amide bonds. The van der Waals surface area contributed by atoms with Gasteiger partial charge in [0.2, 0.25) is 0 Å². The number of nitrogens with zero attached hydrogens (tertiary/aromatic N) is 1. The molecule has 0 unspecified atom stereocenters. The number of hydrogen-bond donors (Lipinski definition) is 0. The number of alkyl halides is 1. The Morgan fingerprint density at radius 2 is 2.33 bits per heavy atom. The van der Waals surface area contributed by atoms with Gasteiger partial charge in [-0.3, -0.25) is 4.79 Å². The predicted molar refractivity (Wildman–Crippen MR) is 55.8 cm³/mol. The van der Waals surface area contributed by atoms with E-state index in [-0.39, 0.29) is 22.2 Å². The van der Waals surface area contributed by atoms with E-state index in [9.17, 15) is 9.18 Å². The van der Waals surface area contributed by atoms with Gasteiger partial charge in [-0.25, -0.2) is 4.39 Å². The third-order valence-corrected chi connectivity index (χ3v) is 2.33. The Morgan fingerprint density at radius 3 is 2.80 bits per heavy atom. The number of hydrogen-bond acceptors (Lipinski definition) is 3. The van der Waals surface area contributed by atoms with Crippen LogP contribution in [0.2, 0.25) is 0 Å². The first-order chi connectivity index (χ1) is 7.13. The first kappa shape index (κ1) is 11.7. The molecule has 0 atom stereocenters. The van der Waals surface area contributed by atoms with E-state index < -0.39 is 11.6 Å². The summed E-state index contributed by atoms with van der Waals surface area (Å²) in [6.45, 7) is 0. The van der Waals surface area contributed by atoms with Gasteiger partial charge in [0, 0.05) is 6.07 Å². The molecule has 0 heterocycles. The highest BCUT2D eigenvalue weighted by Crippen LogP contribution is 2.22. The predicted octanol–water partition coefficient (Wildman–Crippen LogP) is 2.28. The second kappa shape index (κ2) is 4.89. The average Bonchev–Trinajstić information content (AvgIpc) is 2.26. The Morgan fingerprint density at radius 1 is 1.67 bits per heavy atom. The number of benzene rings is 1. The van der Waals surface area contributed by atoms with Crippen molar-refractivity contribution in [3.8, 4) is 11.8 Å². The lowest BCUT2D eigenvalue weighted by Gasteiger charge is -2.05. The summed E-state index contributed by atoms with van der Waals surface area (Å²) < 4.78 is 18.2. The fourth-order valence-electron chi connectivity index (χ4n) is 1.14. The van der Waals surface area contributed by atoms with Crippen LogP contribution >= 0.6 is 15.9 Å². The number of carbonyl (C=O) groups is 1. The molecular formula is C10H7BrFNO2. The molecule has 0 saturated heterocycles. The number of ether oxygens (including phenoxy) is 1. The molecule has 0 aliphatic heterocycles. The van der Waals surface area contributed by atoms with Crippen LogP contribution in [0, 0.1) is 17.1 Å². The lowest BCUT2D eigenvalue weighted by molar-refractivity contribution is 0.101. The fraction of sp³-hybridized carbons (Fsp3) is 0.200. The lowest BCUT2D eigenvalue weighted by Crippen LogP contribution is -2.07. The Bertz CT molecular complexity index is 440. The van der Waals surface area contributed by atoms with E-state index in [4.69, 9.17) is 10.00 Å². The number of rotatable bonds is 3. The molecule has 3 nitrogen and oxygen atoms in total. The largest absolute Gasteiger partial charge is 0.497 e. The Kier molecular flexibility index (Phi) is 3.81. The molecule has 15 heavy (non-hydrogen) atoms. The van der Waals surface area contributed by atoms with Gasteiger partial charge >= 0.3 is 0 Å². The van der Waals surface area contributed by atoms with Crippen molar-refractivity contribution in [1.29, 1.82) is 5.26 Å². The Balaban J connectivity index is 3.39. The Labute approximate surface area is 94.6 Å². The van der Waals surface area contributed by atoms with E-state index >= 15 is 0 Å². The van der Waals surface area contributed by atoms with Crippen molar-refractivity contribution in [2.75, 3.05) is 12.4 Å². The topological polar surface area (TPSA) is 50.1 Å². The van der Waals surface area contributed by atoms with Crippen LogP contribution in [0.25, 0.3) is 0 Å². The highest BCUT2D eigenvalue weighted by atomic mass is 79.9. The minimum Gasteiger partial charge on any atom is -0.497 e. The number of halogens is 2. The van der Waals surface area contributed by atoms with Crippen LogP contribution in [0.5, 0.6) is 5.75 Å². The SMILES string of the molecule is COc1cc(F)c(C(=O)CBr)c(C#N)c1. The van der Waals surface area contributed by atoms with Crippen LogP contribution in [0.3, 0.4) is 0 Å². The van der Waals surface area contributed by atoms with E-state index in [1.807, 2.05) is 0 Å². The van der Waals surface area contributed by atoms with Gasteiger partial charge in [-0.05, 0) is 6.07 Å². The quantitative estimate of drug-likeness (QED) is 0.626. The maximum absolute atomic E-state index is 13.4. The summed E-state index contributed by atoms with van der Waals surface area (Å²) in [4.78, 5) is 11.3. The summed E-state index contributed by atoms with van der Waals surface area (Å²) in [5, 5.41) is 8.74. The van der Waals surface area contributed by atoms with E-state index in [0.717, 1.165) is 6.07 Å². The van der Waals surface area contributed by atoms with Crippen molar-refractivity contribution in [2.45, 2.75) is 0 Å². The molecule has 0 fully saturated rings. The maximum atomic E-state index is 13.4. The van der Waals surface area contributed by atoms with Gasteiger partial charge < -0.3 is 4.74 Å². The zero-order valence-electron chi connectivity index (χ0n) is 7.88. The first-order valence-electron chi connectivity index (χ1n) is 4.00. The fourth-order valence-corrected chi connectivity index (χ4v) is 1.42. The zero-order chi connectivity index (χ0) is 11.4. The van der Waals surface area contributed by atoms with Crippen molar-refractivity contribution in [1.82, 2.24) is 0 Å². The number of ketones is 1. The molecule has 0 N–H and O–H groups in total. The zero-order valence-corrected chi connectivity index (χ0v) is 9.47. The second-order valence-electron chi connectivity index (χ2n) is 2.70. The summed E-state index contributed by atoms with van der Waals surface area (Å²) in [6, 6.07) is 4.18. The van der Waals surface area contributed by atoms with Crippen LogP contribution in [0.15, 0.2) is 12.1 Å². The van der Waals surface area contributed by atoms with Crippen molar-refractivity contribution in [2.24, 2.45) is 0 Å². The van der Waals surface area contributed by atoms with Gasteiger partial charge in [-0.15, -0.1) is 0 Å². The molecule has 5 heteroatoms. The molecule has 0 radical (unpaired) electrons. The van der Waals surface area contributed by atoms with Gasteiger partial charge in [-0.2, -0.15) is 5.26 Å². The van der Waals surface area contributed by atoms with Gasteiger partial charge in [0.05, 0.1) is 23.6 Å². The summed E-state index contributed by atoms with van der Waals surface area (Å²) in [6.07, 6.45) is 0.